The molecule has 0 spiro atoms. The van der Waals surface area contributed by atoms with E-state index >= 15 is 0 Å². The van der Waals surface area contributed by atoms with E-state index in [0.29, 0.717) is 12.1 Å². The van der Waals surface area contributed by atoms with E-state index in [-0.39, 0.29) is 0 Å². The number of nitrogens with zero attached hydrogens (tertiary/aromatic N) is 2. The number of rotatable bonds is 1. The first-order valence-corrected chi connectivity index (χ1v) is 8.34. The number of morpholine rings is 1. The monoisotopic (exact) mass is 308 g/mol. The van der Waals surface area contributed by atoms with E-state index in [1.807, 2.05) is 12.3 Å². The highest BCUT2D eigenvalue weighted by Crippen LogP contribution is 2.37. The number of piperidine rings is 1. The van der Waals surface area contributed by atoms with Gasteiger partial charge >= 0.3 is 0 Å². The van der Waals surface area contributed by atoms with Crippen molar-refractivity contribution < 1.29 is 4.74 Å². The number of nitrogens with one attached hydrogen (secondary N) is 2. The maximum atomic E-state index is 5.83. The Morgan fingerprint density at radius 3 is 3.00 bits per heavy atom. The number of aromatic nitrogens is 1. The van der Waals surface area contributed by atoms with E-state index in [4.69, 9.17) is 4.74 Å². The van der Waals surface area contributed by atoms with Gasteiger partial charge in [0, 0.05) is 30.5 Å². The first-order chi connectivity index (χ1) is 11.4. The van der Waals surface area contributed by atoms with E-state index < -0.39 is 0 Å². The summed E-state index contributed by atoms with van der Waals surface area (Å²) in [4.78, 5) is 6.95. The zero-order valence-electron chi connectivity index (χ0n) is 13.0. The van der Waals surface area contributed by atoms with Crippen LogP contribution in [0.3, 0.4) is 0 Å². The number of benzene rings is 1. The molecule has 3 fully saturated rings. The van der Waals surface area contributed by atoms with Crippen LogP contribution in [-0.2, 0) is 11.3 Å². The van der Waals surface area contributed by atoms with Crippen LogP contribution < -0.4 is 15.5 Å². The third kappa shape index (κ3) is 2.23. The van der Waals surface area contributed by atoms with Gasteiger partial charge in [0.15, 0.2) is 0 Å². The van der Waals surface area contributed by atoms with Crippen LogP contribution in [0.5, 0.6) is 0 Å². The highest BCUT2D eigenvalue weighted by atomic mass is 16.5. The van der Waals surface area contributed by atoms with Gasteiger partial charge in [-0.3, -0.25) is 0 Å². The summed E-state index contributed by atoms with van der Waals surface area (Å²) in [7, 11) is 0. The highest BCUT2D eigenvalue weighted by molar-refractivity contribution is 5.80. The van der Waals surface area contributed by atoms with Gasteiger partial charge in [-0.05, 0) is 37.1 Å². The largest absolute Gasteiger partial charge is 0.379 e. The molecule has 2 aromatic rings. The molecule has 5 heteroatoms. The summed E-state index contributed by atoms with van der Waals surface area (Å²) in [6.45, 7) is 2.67. The molecule has 118 valence electrons. The third-order valence-corrected chi connectivity index (χ3v) is 5.14. The van der Waals surface area contributed by atoms with E-state index in [2.05, 4.69) is 44.8 Å². The Bertz CT molecular complexity index is 740. The summed E-state index contributed by atoms with van der Waals surface area (Å²) in [6, 6.07) is 11.2. The van der Waals surface area contributed by atoms with E-state index in [1.165, 1.54) is 24.1 Å². The van der Waals surface area contributed by atoms with Crippen molar-refractivity contribution in [2.24, 2.45) is 0 Å². The maximum absolute atomic E-state index is 5.83. The van der Waals surface area contributed by atoms with Crippen LogP contribution in [0.4, 0.5) is 22.9 Å². The molecule has 1 aromatic heterocycles. The van der Waals surface area contributed by atoms with Gasteiger partial charge in [-0.25, -0.2) is 4.98 Å². The molecule has 4 aliphatic rings. The molecule has 0 saturated carbocycles. The second kappa shape index (κ2) is 5.13. The summed E-state index contributed by atoms with van der Waals surface area (Å²) in [5.41, 5.74) is 4.71. The molecule has 6 rings (SSSR count). The Labute approximate surface area is 135 Å². The number of ether oxygens (including phenoxy) is 1. The van der Waals surface area contributed by atoms with Crippen molar-refractivity contribution >= 4 is 22.9 Å². The van der Waals surface area contributed by atoms with Gasteiger partial charge in [0.1, 0.15) is 5.82 Å². The highest BCUT2D eigenvalue weighted by Gasteiger charge is 2.34. The van der Waals surface area contributed by atoms with Crippen molar-refractivity contribution in [3.63, 3.8) is 0 Å². The Morgan fingerprint density at radius 1 is 1.17 bits per heavy atom. The van der Waals surface area contributed by atoms with E-state index in [9.17, 15) is 0 Å². The fraction of sp³-hybridized carbons (Fsp3) is 0.389. The Kier molecular flexibility index (Phi) is 2.94. The SMILES string of the molecule is c1cnc2c(c1)CNc1cc(N3CC4CCC3CO4)ccc1N2. The van der Waals surface area contributed by atoms with Crippen LogP contribution in [0.25, 0.3) is 0 Å². The number of pyridine rings is 1. The second-order valence-electron chi connectivity index (χ2n) is 6.56. The van der Waals surface area contributed by atoms with E-state index in [1.54, 1.807) is 0 Å². The lowest BCUT2D eigenvalue weighted by molar-refractivity contribution is -0.0225. The van der Waals surface area contributed by atoms with Crippen molar-refractivity contribution in [3.8, 4) is 0 Å². The van der Waals surface area contributed by atoms with Crippen LogP contribution in [0.15, 0.2) is 36.5 Å². The average molecular weight is 308 g/mol. The zero-order chi connectivity index (χ0) is 15.2. The standard InChI is InChI=1S/C18H20N4O/c1-2-12-9-20-17-8-13(4-6-16(17)21-18(12)19-7-1)22-10-15-5-3-14(22)11-23-15/h1-2,4,6-8,14-15,20H,3,5,9-11H2,(H,19,21). The van der Waals surface area contributed by atoms with Crippen molar-refractivity contribution in [2.45, 2.75) is 31.5 Å². The maximum Gasteiger partial charge on any atom is 0.135 e. The van der Waals surface area contributed by atoms with Crippen molar-refractivity contribution in [2.75, 3.05) is 28.7 Å². The summed E-state index contributed by atoms with van der Waals surface area (Å²) >= 11 is 0. The first kappa shape index (κ1) is 13.2. The summed E-state index contributed by atoms with van der Waals surface area (Å²) in [5, 5.41) is 6.99. The third-order valence-electron chi connectivity index (χ3n) is 5.14. The van der Waals surface area contributed by atoms with Gasteiger partial charge in [-0.1, -0.05) is 6.07 Å². The van der Waals surface area contributed by atoms with Gasteiger partial charge < -0.3 is 20.3 Å². The lowest BCUT2D eigenvalue weighted by atomic mass is 9.96. The summed E-state index contributed by atoms with van der Waals surface area (Å²) < 4.78 is 5.83. The number of hydrogen-bond donors (Lipinski definition) is 2. The molecule has 3 saturated heterocycles. The molecule has 0 aliphatic carbocycles. The lowest BCUT2D eigenvalue weighted by Crippen LogP contribution is -2.54. The van der Waals surface area contributed by atoms with Crippen LogP contribution in [0.1, 0.15) is 18.4 Å². The Balaban J connectivity index is 1.47. The molecule has 4 aliphatic heterocycles. The van der Waals surface area contributed by atoms with Crippen molar-refractivity contribution in [1.29, 1.82) is 0 Å². The molecule has 5 heterocycles. The molecule has 0 radical (unpaired) electrons. The smallest absolute Gasteiger partial charge is 0.135 e. The molecule has 2 atom stereocenters. The van der Waals surface area contributed by atoms with Crippen LogP contribution in [0, 0.1) is 0 Å². The van der Waals surface area contributed by atoms with Gasteiger partial charge in [-0.2, -0.15) is 0 Å². The molecule has 2 bridgehead atoms. The summed E-state index contributed by atoms with van der Waals surface area (Å²) in [6.07, 6.45) is 4.67. The van der Waals surface area contributed by atoms with Crippen LogP contribution in [-0.4, -0.2) is 30.3 Å². The van der Waals surface area contributed by atoms with Gasteiger partial charge in [-0.15, -0.1) is 0 Å². The van der Waals surface area contributed by atoms with Crippen molar-refractivity contribution in [3.05, 3.63) is 42.1 Å². The van der Waals surface area contributed by atoms with E-state index in [0.717, 1.165) is 36.9 Å². The molecular weight excluding hydrogens is 288 g/mol. The molecule has 2 unspecified atom stereocenters. The minimum atomic E-state index is 0.401. The average Bonchev–Trinajstić information content (AvgIpc) is 2.81. The molecule has 1 aromatic carbocycles. The minimum absolute atomic E-state index is 0.401. The summed E-state index contributed by atoms with van der Waals surface area (Å²) in [5.74, 6) is 0.942. The topological polar surface area (TPSA) is 49.4 Å². The predicted octanol–water partition coefficient (Wildman–Crippen LogP) is 3.12. The van der Waals surface area contributed by atoms with Gasteiger partial charge in [0.2, 0.25) is 0 Å². The normalized spacial score (nSPS) is 25.0. The molecule has 23 heavy (non-hydrogen) atoms. The molecule has 5 nitrogen and oxygen atoms in total. The Hall–Kier alpha value is -2.27. The lowest BCUT2D eigenvalue weighted by Gasteiger charge is -2.46. The number of fused-ring (bicyclic) bond motifs is 5. The molecule has 0 amide bonds. The Morgan fingerprint density at radius 2 is 2.17 bits per heavy atom. The van der Waals surface area contributed by atoms with Crippen molar-refractivity contribution in [1.82, 2.24) is 4.98 Å². The van der Waals surface area contributed by atoms with Crippen LogP contribution in [0.2, 0.25) is 0 Å². The molecule has 2 N–H and O–H groups in total. The second-order valence-corrected chi connectivity index (χ2v) is 6.56. The zero-order valence-corrected chi connectivity index (χ0v) is 13.0. The van der Waals surface area contributed by atoms with Gasteiger partial charge in [0.25, 0.3) is 0 Å². The minimum Gasteiger partial charge on any atom is -0.379 e. The van der Waals surface area contributed by atoms with Crippen LogP contribution >= 0.6 is 0 Å². The fourth-order valence-corrected chi connectivity index (χ4v) is 3.84. The fourth-order valence-electron chi connectivity index (χ4n) is 3.84. The quantitative estimate of drug-likeness (QED) is 0.848. The number of anilines is 4. The molecular formula is C18H20N4O. The van der Waals surface area contributed by atoms with Gasteiger partial charge in [0.05, 0.1) is 30.1 Å². The number of hydrogen-bond acceptors (Lipinski definition) is 5. The predicted molar refractivity (Wildman–Crippen MR) is 91.4 cm³/mol. The first-order valence-electron chi connectivity index (χ1n) is 8.34.